The first kappa shape index (κ1) is 26.4. The van der Waals surface area contributed by atoms with Gasteiger partial charge in [0.15, 0.2) is 11.5 Å². The molecular weight excluding hydrogens is 480 g/mol. The van der Waals surface area contributed by atoms with Crippen LogP contribution in [0.2, 0.25) is 0 Å². The van der Waals surface area contributed by atoms with Crippen LogP contribution in [-0.4, -0.2) is 39.8 Å². The van der Waals surface area contributed by atoms with Crippen molar-refractivity contribution in [3.8, 4) is 28.4 Å². The predicted octanol–water partition coefficient (Wildman–Crippen LogP) is 5.27. The van der Waals surface area contributed by atoms with E-state index in [9.17, 15) is 9.59 Å². The summed E-state index contributed by atoms with van der Waals surface area (Å²) in [6, 6.07) is 7.78. The van der Waals surface area contributed by atoms with Gasteiger partial charge in [0.1, 0.15) is 0 Å². The number of amides is 1. The van der Waals surface area contributed by atoms with Gasteiger partial charge in [-0.3, -0.25) is 9.59 Å². The molecule has 2 aromatic carbocycles. The van der Waals surface area contributed by atoms with E-state index in [0.717, 1.165) is 53.7 Å². The van der Waals surface area contributed by atoms with Crippen molar-refractivity contribution in [2.45, 2.75) is 71.9 Å². The first-order valence-corrected chi connectivity index (χ1v) is 13.5. The number of ether oxygens (including phenoxy) is 3. The van der Waals surface area contributed by atoms with Crippen LogP contribution < -0.4 is 29.9 Å². The summed E-state index contributed by atoms with van der Waals surface area (Å²) in [5.41, 5.74) is 4.74. The lowest BCUT2D eigenvalue weighted by atomic mass is 9.65. The second-order valence-electron chi connectivity index (χ2n) is 12.4. The molecule has 204 valence electrons. The first-order valence-electron chi connectivity index (χ1n) is 13.5. The predicted molar refractivity (Wildman–Crippen MR) is 150 cm³/mol. The highest BCUT2D eigenvalue weighted by molar-refractivity contribution is 5.84. The molecule has 2 bridgehead atoms. The fourth-order valence-electron chi connectivity index (χ4n) is 7.68. The summed E-state index contributed by atoms with van der Waals surface area (Å²) in [5.74, 6) is 1.54. The number of fused-ring (bicyclic) bond motifs is 5. The third-order valence-electron chi connectivity index (χ3n) is 8.62. The SMILES string of the molecule is COc1cc2c(c(OC)c1OC)-c1ccc(N3C[C@@]4(C)C[C@@H]3CC(C)(C)C4)c(=O)cc1[C@@H](NC(C)=O)CC2. The molecule has 1 aliphatic heterocycles. The van der Waals surface area contributed by atoms with Crippen LogP contribution in [0.3, 0.4) is 0 Å². The van der Waals surface area contributed by atoms with Gasteiger partial charge >= 0.3 is 0 Å². The molecule has 3 atom stereocenters. The zero-order valence-corrected chi connectivity index (χ0v) is 23.7. The Morgan fingerprint density at radius 2 is 1.76 bits per heavy atom. The highest BCUT2D eigenvalue weighted by Gasteiger charge is 2.50. The van der Waals surface area contributed by atoms with Crippen molar-refractivity contribution in [2.75, 3.05) is 32.8 Å². The molecule has 1 heterocycles. The molecule has 0 radical (unpaired) electrons. The minimum Gasteiger partial charge on any atom is -0.493 e. The van der Waals surface area contributed by atoms with Crippen LogP contribution in [0.25, 0.3) is 11.1 Å². The number of carbonyl (C=O) groups is 1. The number of nitrogens with zero attached hydrogens (tertiary/aromatic N) is 1. The maximum atomic E-state index is 13.9. The molecule has 1 saturated carbocycles. The van der Waals surface area contributed by atoms with Crippen molar-refractivity contribution < 1.29 is 19.0 Å². The fourth-order valence-corrected chi connectivity index (χ4v) is 7.68. The van der Waals surface area contributed by atoms with E-state index in [2.05, 4.69) is 31.0 Å². The quantitative estimate of drug-likeness (QED) is 0.579. The number of rotatable bonds is 5. The topological polar surface area (TPSA) is 77.1 Å². The van der Waals surface area contributed by atoms with Gasteiger partial charge in [-0.1, -0.05) is 26.8 Å². The molecule has 38 heavy (non-hydrogen) atoms. The van der Waals surface area contributed by atoms with Crippen molar-refractivity contribution in [1.82, 2.24) is 5.32 Å². The smallest absolute Gasteiger partial charge is 0.217 e. The Bertz CT molecular complexity index is 1340. The van der Waals surface area contributed by atoms with Gasteiger partial charge < -0.3 is 24.4 Å². The van der Waals surface area contributed by atoms with Crippen LogP contribution in [0.5, 0.6) is 17.2 Å². The summed E-state index contributed by atoms with van der Waals surface area (Å²) in [6.07, 6.45) is 4.67. The van der Waals surface area contributed by atoms with Gasteiger partial charge in [0, 0.05) is 25.1 Å². The van der Waals surface area contributed by atoms with Crippen molar-refractivity contribution in [1.29, 1.82) is 0 Å². The molecule has 1 saturated heterocycles. The van der Waals surface area contributed by atoms with Crippen molar-refractivity contribution >= 4 is 11.6 Å². The fraction of sp³-hybridized carbons (Fsp3) is 0.548. The standard InChI is InChI=1S/C31H40N2O5/c1-18(34)32-23-10-8-19-12-26(36-5)28(37-6)29(38-7)27(19)21-9-11-24(25(35)13-22(21)23)33-17-31(4)15-20(33)14-30(2,3)16-31/h9,11-13,20,23H,8,10,14-17H2,1-7H3,(H,32,34)/t20-,23-,31-/m0/s1. The molecular formula is C31H40N2O5. The average Bonchev–Trinajstić information content (AvgIpc) is 2.94. The van der Waals surface area contributed by atoms with Crippen LogP contribution >= 0.6 is 0 Å². The third-order valence-corrected chi connectivity index (χ3v) is 8.62. The van der Waals surface area contributed by atoms with E-state index in [1.165, 1.54) is 6.92 Å². The maximum Gasteiger partial charge on any atom is 0.217 e. The number of aryl methyl sites for hydroxylation is 1. The number of anilines is 1. The molecule has 3 aliphatic rings. The second kappa shape index (κ2) is 9.51. The molecule has 0 aromatic heterocycles. The molecule has 2 aromatic rings. The summed E-state index contributed by atoms with van der Waals surface area (Å²) in [5, 5.41) is 3.10. The van der Waals surface area contributed by atoms with Crippen molar-refractivity contribution in [3.63, 3.8) is 0 Å². The Kier molecular flexibility index (Phi) is 6.60. The Hall–Kier alpha value is -3.22. The van der Waals surface area contributed by atoms with Gasteiger partial charge in [-0.25, -0.2) is 0 Å². The molecule has 1 N–H and O–H groups in total. The van der Waals surface area contributed by atoms with E-state index in [0.29, 0.717) is 36.1 Å². The highest BCUT2D eigenvalue weighted by atomic mass is 16.5. The Balaban J connectivity index is 1.73. The third kappa shape index (κ3) is 4.50. The number of nitrogens with one attached hydrogen (secondary N) is 1. The molecule has 7 nitrogen and oxygen atoms in total. The monoisotopic (exact) mass is 520 g/mol. The molecule has 7 heteroatoms. The molecule has 0 unspecified atom stereocenters. The lowest BCUT2D eigenvalue weighted by Gasteiger charge is -2.39. The molecule has 0 spiro atoms. The van der Waals surface area contributed by atoms with E-state index in [1.54, 1.807) is 27.4 Å². The number of carbonyl (C=O) groups excluding carboxylic acids is 1. The van der Waals surface area contributed by atoms with Gasteiger partial charge in [0.2, 0.25) is 17.1 Å². The lowest BCUT2D eigenvalue weighted by molar-refractivity contribution is -0.119. The second-order valence-corrected chi connectivity index (χ2v) is 12.4. The van der Waals surface area contributed by atoms with Crippen LogP contribution in [0, 0.1) is 10.8 Å². The van der Waals surface area contributed by atoms with Crippen LogP contribution in [0.15, 0.2) is 29.1 Å². The summed E-state index contributed by atoms with van der Waals surface area (Å²) >= 11 is 0. The maximum absolute atomic E-state index is 13.9. The normalized spacial score (nSPS) is 25.1. The van der Waals surface area contributed by atoms with Crippen molar-refractivity contribution in [3.05, 3.63) is 45.6 Å². The van der Waals surface area contributed by atoms with Crippen LogP contribution in [-0.2, 0) is 11.2 Å². The Labute approximate surface area is 225 Å². The molecule has 2 fully saturated rings. The number of benzene rings is 1. The number of hydrogen-bond donors (Lipinski definition) is 1. The van der Waals surface area contributed by atoms with Gasteiger partial charge in [0.25, 0.3) is 0 Å². The molecule has 1 amide bonds. The van der Waals surface area contributed by atoms with Gasteiger partial charge in [-0.2, -0.15) is 0 Å². The van der Waals surface area contributed by atoms with Gasteiger partial charge in [-0.15, -0.1) is 0 Å². The molecule has 2 aliphatic carbocycles. The zero-order valence-electron chi connectivity index (χ0n) is 23.7. The van der Waals surface area contributed by atoms with E-state index in [1.807, 2.05) is 18.2 Å². The average molecular weight is 521 g/mol. The molecule has 5 rings (SSSR count). The number of hydrogen-bond acceptors (Lipinski definition) is 6. The minimum absolute atomic E-state index is 0.0153. The van der Waals surface area contributed by atoms with Gasteiger partial charge in [0.05, 0.1) is 33.1 Å². The van der Waals surface area contributed by atoms with E-state index in [-0.39, 0.29) is 28.2 Å². The summed E-state index contributed by atoms with van der Waals surface area (Å²) < 4.78 is 17.2. The Morgan fingerprint density at radius 1 is 1.03 bits per heavy atom. The van der Waals surface area contributed by atoms with E-state index >= 15 is 0 Å². The lowest BCUT2D eigenvalue weighted by Crippen LogP contribution is -2.36. The minimum atomic E-state index is -0.307. The van der Waals surface area contributed by atoms with Crippen LogP contribution in [0.1, 0.15) is 70.5 Å². The summed E-state index contributed by atoms with van der Waals surface area (Å²) in [7, 11) is 4.82. The summed E-state index contributed by atoms with van der Waals surface area (Å²) in [6.45, 7) is 9.44. The Morgan fingerprint density at radius 3 is 2.42 bits per heavy atom. The first-order chi connectivity index (χ1) is 18.0. The van der Waals surface area contributed by atoms with Gasteiger partial charge in [-0.05, 0) is 77.8 Å². The largest absolute Gasteiger partial charge is 0.493 e. The van der Waals surface area contributed by atoms with Crippen molar-refractivity contribution in [2.24, 2.45) is 10.8 Å². The summed E-state index contributed by atoms with van der Waals surface area (Å²) in [4.78, 5) is 28.5. The van der Waals surface area contributed by atoms with E-state index < -0.39 is 0 Å². The van der Waals surface area contributed by atoms with E-state index in [4.69, 9.17) is 14.2 Å². The van der Waals surface area contributed by atoms with Crippen LogP contribution in [0.4, 0.5) is 5.69 Å². The highest BCUT2D eigenvalue weighted by Crippen LogP contribution is 2.54. The number of methoxy groups -OCH3 is 3. The zero-order chi connectivity index (χ0) is 27.4.